The fourth-order valence-electron chi connectivity index (χ4n) is 3.58. The van der Waals surface area contributed by atoms with E-state index in [9.17, 15) is 0 Å². The van der Waals surface area contributed by atoms with Gasteiger partial charge in [-0.15, -0.1) is 0 Å². The van der Waals surface area contributed by atoms with Gasteiger partial charge in [-0.1, -0.05) is 0 Å². The molecule has 0 bridgehead atoms. The molecule has 2 aromatic rings. The molecule has 5 heteroatoms. The van der Waals surface area contributed by atoms with Crippen molar-refractivity contribution >= 4 is 0 Å². The van der Waals surface area contributed by atoms with Gasteiger partial charge >= 0.3 is 0 Å². The third-order valence-corrected chi connectivity index (χ3v) is 5.01. The molecule has 1 saturated carbocycles. The summed E-state index contributed by atoms with van der Waals surface area (Å²) in [5.74, 6) is 0. The van der Waals surface area contributed by atoms with Crippen LogP contribution in [0.4, 0.5) is 0 Å². The van der Waals surface area contributed by atoms with E-state index in [2.05, 4.69) is 32.6 Å². The predicted octanol–water partition coefficient (Wildman–Crippen LogP) is 2.20. The van der Waals surface area contributed by atoms with Crippen LogP contribution in [0.15, 0.2) is 30.7 Å². The topological polar surface area (TPSA) is 46.0 Å². The maximum Gasteiger partial charge on any atom is 0.0983 e. The molecule has 2 aromatic heterocycles. The minimum absolute atomic E-state index is 0.631. The molecule has 0 amide bonds. The summed E-state index contributed by atoms with van der Waals surface area (Å²) >= 11 is 0. The first-order chi connectivity index (χ1) is 11.3. The SMILES string of the molecule is Cn1cc(CNC2CCN(C3CC3)CC2)c(-c2cccnc2)n1. The van der Waals surface area contributed by atoms with Crippen molar-refractivity contribution in [2.24, 2.45) is 7.05 Å². The van der Waals surface area contributed by atoms with Crippen LogP contribution in [-0.2, 0) is 13.6 Å². The molecular weight excluding hydrogens is 286 g/mol. The Hall–Kier alpha value is -1.72. The van der Waals surface area contributed by atoms with Crippen LogP contribution in [0.1, 0.15) is 31.2 Å². The van der Waals surface area contributed by atoms with Crippen LogP contribution in [0.2, 0.25) is 0 Å². The number of hydrogen-bond donors (Lipinski definition) is 1. The molecule has 23 heavy (non-hydrogen) atoms. The molecule has 3 heterocycles. The van der Waals surface area contributed by atoms with Gasteiger partial charge < -0.3 is 10.2 Å². The quantitative estimate of drug-likeness (QED) is 0.919. The lowest BCUT2D eigenvalue weighted by atomic mass is 10.0. The molecule has 1 aliphatic carbocycles. The van der Waals surface area contributed by atoms with E-state index in [1.165, 1.54) is 44.3 Å². The van der Waals surface area contributed by atoms with Gasteiger partial charge in [0.05, 0.1) is 5.69 Å². The summed E-state index contributed by atoms with van der Waals surface area (Å²) in [6, 6.07) is 5.58. The molecule has 0 atom stereocenters. The number of nitrogens with zero attached hydrogens (tertiary/aromatic N) is 4. The molecule has 5 nitrogen and oxygen atoms in total. The van der Waals surface area contributed by atoms with Crippen LogP contribution < -0.4 is 5.32 Å². The average Bonchev–Trinajstić information content (AvgIpc) is 3.37. The van der Waals surface area contributed by atoms with E-state index in [1.54, 1.807) is 6.20 Å². The Balaban J connectivity index is 1.38. The molecule has 4 rings (SSSR count). The van der Waals surface area contributed by atoms with Crippen LogP contribution in [0, 0.1) is 0 Å². The Bertz CT molecular complexity index is 639. The number of pyridine rings is 1. The minimum atomic E-state index is 0.631. The summed E-state index contributed by atoms with van der Waals surface area (Å²) in [5, 5.41) is 8.36. The van der Waals surface area contributed by atoms with Crippen molar-refractivity contribution in [2.45, 2.75) is 44.3 Å². The summed E-state index contributed by atoms with van der Waals surface area (Å²) in [5.41, 5.74) is 3.39. The first-order valence-electron chi connectivity index (χ1n) is 8.70. The average molecular weight is 311 g/mol. The van der Waals surface area contributed by atoms with E-state index >= 15 is 0 Å². The maximum absolute atomic E-state index is 4.62. The Morgan fingerprint density at radius 1 is 1.22 bits per heavy atom. The number of likely N-dealkylation sites (tertiary alicyclic amines) is 1. The molecule has 1 N–H and O–H groups in total. The molecule has 2 fully saturated rings. The molecule has 1 aliphatic heterocycles. The molecule has 1 saturated heterocycles. The summed E-state index contributed by atoms with van der Waals surface area (Å²) in [7, 11) is 1.98. The largest absolute Gasteiger partial charge is 0.310 e. The van der Waals surface area contributed by atoms with Gasteiger partial charge in [-0.25, -0.2) is 0 Å². The third kappa shape index (κ3) is 3.46. The van der Waals surface area contributed by atoms with Crippen molar-refractivity contribution in [3.63, 3.8) is 0 Å². The van der Waals surface area contributed by atoms with E-state index in [1.807, 2.05) is 24.0 Å². The van der Waals surface area contributed by atoms with Crippen molar-refractivity contribution in [3.05, 3.63) is 36.3 Å². The minimum Gasteiger partial charge on any atom is -0.310 e. The van der Waals surface area contributed by atoms with Gasteiger partial charge in [-0.05, 0) is 50.9 Å². The van der Waals surface area contributed by atoms with Gasteiger partial charge in [0.2, 0.25) is 0 Å². The molecular formula is C18H25N5. The third-order valence-electron chi connectivity index (χ3n) is 5.01. The van der Waals surface area contributed by atoms with Gasteiger partial charge in [0.15, 0.2) is 0 Å². The Kier molecular flexibility index (Phi) is 4.14. The van der Waals surface area contributed by atoms with Crippen LogP contribution in [0.25, 0.3) is 11.3 Å². The number of piperidine rings is 1. The fraction of sp³-hybridized carbons (Fsp3) is 0.556. The lowest BCUT2D eigenvalue weighted by molar-refractivity contribution is 0.189. The van der Waals surface area contributed by atoms with Crippen molar-refractivity contribution in [1.29, 1.82) is 0 Å². The first-order valence-corrected chi connectivity index (χ1v) is 8.70. The van der Waals surface area contributed by atoms with E-state index in [0.29, 0.717) is 6.04 Å². The second kappa shape index (κ2) is 6.42. The van der Waals surface area contributed by atoms with E-state index in [4.69, 9.17) is 0 Å². The number of nitrogens with one attached hydrogen (secondary N) is 1. The zero-order valence-corrected chi connectivity index (χ0v) is 13.8. The summed E-state index contributed by atoms with van der Waals surface area (Å²) in [6.45, 7) is 3.39. The van der Waals surface area contributed by atoms with Gasteiger partial charge in [0, 0.05) is 55.4 Å². The van der Waals surface area contributed by atoms with Gasteiger partial charge in [-0.3, -0.25) is 9.67 Å². The number of rotatable bonds is 5. The van der Waals surface area contributed by atoms with Crippen molar-refractivity contribution in [3.8, 4) is 11.3 Å². The Morgan fingerprint density at radius 3 is 2.74 bits per heavy atom. The lowest BCUT2D eigenvalue weighted by Crippen LogP contribution is -2.43. The summed E-state index contributed by atoms with van der Waals surface area (Å²) < 4.78 is 1.90. The van der Waals surface area contributed by atoms with Crippen LogP contribution >= 0.6 is 0 Å². The fourth-order valence-corrected chi connectivity index (χ4v) is 3.58. The monoisotopic (exact) mass is 311 g/mol. The van der Waals surface area contributed by atoms with Crippen LogP contribution in [-0.4, -0.2) is 44.8 Å². The van der Waals surface area contributed by atoms with E-state index in [-0.39, 0.29) is 0 Å². The number of hydrogen-bond acceptors (Lipinski definition) is 4. The lowest BCUT2D eigenvalue weighted by Gasteiger charge is -2.32. The molecule has 122 valence electrons. The standard InChI is InChI=1S/C18H25N5/c1-22-13-15(18(21-22)14-3-2-8-19-11-14)12-20-16-6-9-23(10-7-16)17-4-5-17/h2-3,8,11,13,16-17,20H,4-7,9-10,12H2,1H3. The van der Waals surface area contributed by atoms with Gasteiger partial charge in [-0.2, -0.15) is 5.10 Å². The van der Waals surface area contributed by atoms with E-state index in [0.717, 1.165) is 23.8 Å². The highest BCUT2D eigenvalue weighted by Crippen LogP contribution is 2.29. The molecule has 0 spiro atoms. The second-order valence-corrected chi connectivity index (χ2v) is 6.84. The predicted molar refractivity (Wildman–Crippen MR) is 90.9 cm³/mol. The van der Waals surface area contributed by atoms with Gasteiger partial charge in [0.25, 0.3) is 0 Å². The number of aryl methyl sites for hydroxylation is 1. The molecule has 0 unspecified atom stereocenters. The van der Waals surface area contributed by atoms with Crippen molar-refractivity contribution in [1.82, 2.24) is 25.0 Å². The molecule has 0 aromatic carbocycles. The highest BCUT2D eigenvalue weighted by molar-refractivity contribution is 5.61. The first kappa shape index (κ1) is 14.8. The van der Waals surface area contributed by atoms with Gasteiger partial charge in [0.1, 0.15) is 0 Å². The zero-order valence-electron chi connectivity index (χ0n) is 13.8. The smallest absolute Gasteiger partial charge is 0.0983 e. The normalized spacial score (nSPS) is 20.0. The van der Waals surface area contributed by atoms with Crippen molar-refractivity contribution < 1.29 is 0 Å². The Morgan fingerprint density at radius 2 is 2.04 bits per heavy atom. The van der Waals surface area contributed by atoms with Crippen LogP contribution in [0.5, 0.6) is 0 Å². The molecule has 0 radical (unpaired) electrons. The molecule has 2 aliphatic rings. The van der Waals surface area contributed by atoms with Crippen LogP contribution in [0.3, 0.4) is 0 Å². The van der Waals surface area contributed by atoms with Crippen molar-refractivity contribution in [2.75, 3.05) is 13.1 Å². The summed E-state index contributed by atoms with van der Waals surface area (Å²) in [6.07, 6.45) is 11.2. The summed E-state index contributed by atoms with van der Waals surface area (Å²) in [4.78, 5) is 6.89. The highest BCUT2D eigenvalue weighted by Gasteiger charge is 2.31. The Labute approximate surface area is 137 Å². The highest BCUT2D eigenvalue weighted by atomic mass is 15.3. The second-order valence-electron chi connectivity index (χ2n) is 6.84. The number of aromatic nitrogens is 3. The maximum atomic E-state index is 4.62. The zero-order chi connectivity index (χ0) is 15.6. The van der Waals surface area contributed by atoms with E-state index < -0.39 is 0 Å².